The van der Waals surface area contributed by atoms with E-state index in [4.69, 9.17) is 11.6 Å². The number of hydrogen-bond donors (Lipinski definition) is 3. The number of nitrogens with zero attached hydrogens (tertiary/aromatic N) is 1. The minimum Gasteiger partial charge on any atom is -0.321 e. The predicted octanol–water partition coefficient (Wildman–Crippen LogP) is 9.28. The maximum atomic E-state index is 14.0. The lowest BCUT2D eigenvalue weighted by molar-refractivity contribution is -0.116. The van der Waals surface area contributed by atoms with Crippen molar-refractivity contribution in [2.45, 2.75) is 36.3 Å². The largest absolute Gasteiger partial charge is 0.321 e. The fourth-order valence-corrected chi connectivity index (χ4v) is 8.34. The van der Waals surface area contributed by atoms with Crippen LogP contribution in [-0.2, 0) is 22.4 Å². The highest BCUT2D eigenvalue weighted by Gasteiger charge is 2.28. The first-order valence-electron chi connectivity index (χ1n) is 16.1. The number of carbonyl (C=O) groups excluding carboxylic acids is 3. The van der Waals surface area contributed by atoms with Crippen LogP contribution < -0.4 is 16.0 Å². The first-order chi connectivity index (χ1) is 24.3. The molecule has 1 aromatic heterocycles. The van der Waals surface area contributed by atoms with E-state index in [-0.39, 0.29) is 11.6 Å². The number of anilines is 2. The molecule has 3 N–H and O–H groups in total. The van der Waals surface area contributed by atoms with Crippen molar-refractivity contribution in [3.8, 4) is 6.07 Å². The van der Waals surface area contributed by atoms with Crippen LogP contribution in [0, 0.1) is 17.2 Å². The highest BCUT2D eigenvalue weighted by Crippen LogP contribution is 2.42. The minimum absolute atomic E-state index is 0.00730. The number of rotatable bonds is 10. The lowest BCUT2D eigenvalue weighted by Crippen LogP contribution is -2.30. The molecule has 5 aromatic rings. The Bertz CT molecular complexity index is 2110. The van der Waals surface area contributed by atoms with Gasteiger partial charge in [-0.2, -0.15) is 5.26 Å². The summed E-state index contributed by atoms with van der Waals surface area (Å²) in [6.07, 6.45) is 4.31. The SMILES string of the molecule is CC1CCc2c(sc(NC(=O)C(Sc3cccc(NC(=O)/C(=C\c4ccccc4Cl)NC(=O)c4ccccc4)c3)c3ccccc3)c2C#N)C1. The molecule has 0 radical (unpaired) electrons. The van der Waals surface area contributed by atoms with Gasteiger partial charge in [0.25, 0.3) is 11.8 Å². The summed E-state index contributed by atoms with van der Waals surface area (Å²) in [5.41, 5.74) is 3.85. The average molecular weight is 717 g/mol. The molecule has 10 heteroatoms. The fourth-order valence-electron chi connectivity index (χ4n) is 5.71. The van der Waals surface area contributed by atoms with E-state index in [1.54, 1.807) is 72.8 Å². The second-order valence-corrected chi connectivity index (χ2v) is 14.6. The summed E-state index contributed by atoms with van der Waals surface area (Å²) in [6, 6.07) is 34.6. The number of nitrogens with one attached hydrogen (secondary N) is 3. The molecule has 7 nitrogen and oxygen atoms in total. The molecule has 0 fully saturated rings. The predicted molar refractivity (Wildman–Crippen MR) is 202 cm³/mol. The van der Waals surface area contributed by atoms with Gasteiger partial charge in [-0.1, -0.05) is 91.3 Å². The van der Waals surface area contributed by atoms with E-state index in [0.717, 1.165) is 35.3 Å². The number of thiophene rings is 1. The number of benzene rings is 4. The molecule has 0 saturated carbocycles. The lowest BCUT2D eigenvalue weighted by atomic mass is 9.88. The van der Waals surface area contributed by atoms with Crippen LogP contribution in [-0.4, -0.2) is 17.7 Å². The van der Waals surface area contributed by atoms with E-state index < -0.39 is 17.1 Å². The molecule has 3 amide bonds. The first kappa shape index (κ1) is 34.7. The average Bonchev–Trinajstić information content (AvgIpc) is 3.47. The molecule has 0 bridgehead atoms. The van der Waals surface area contributed by atoms with E-state index in [1.807, 2.05) is 36.4 Å². The van der Waals surface area contributed by atoms with Crippen molar-refractivity contribution < 1.29 is 14.4 Å². The Kier molecular flexibility index (Phi) is 11.1. The molecule has 1 aliphatic rings. The third-order valence-electron chi connectivity index (χ3n) is 8.28. The van der Waals surface area contributed by atoms with Crippen molar-refractivity contribution in [2.24, 2.45) is 5.92 Å². The van der Waals surface area contributed by atoms with Crippen LogP contribution in [0.5, 0.6) is 0 Å². The summed E-state index contributed by atoms with van der Waals surface area (Å²) in [5.74, 6) is -0.693. The van der Waals surface area contributed by atoms with Crippen LogP contribution in [0.1, 0.15) is 56.1 Å². The molecule has 1 heterocycles. The molecule has 0 saturated heterocycles. The summed E-state index contributed by atoms with van der Waals surface area (Å²) in [7, 11) is 0. The molecule has 6 rings (SSSR count). The van der Waals surface area contributed by atoms with Gasteiger partial charge in [-0.05, 0) is 84.3 Å². The van der Waals surface area contributed by atoms with Crippen LogP contribution in [0.3, 0.4) is 0 Å². The van der Waals surface area contributed by atoms with E-state index in [2.05, 4.69) is 28.9 Å². The zero-order valence-electron chi connectivity index (χ0n) is 27.1. The third kappa shape index (κ3) is 8.35. The van der Waals surface area contributed by atoms with Crippen LogP contribution in [0.2, 0.25) is 5.02 Å². The van der Waals surface area contributed by atoms with Crippen LogP contribution in [0.15, 0.2) is 120 Å². The number of carbonyl (C=O) groups is 3. The van der Waals surface area contributed by atoms with Crippen LogP contribution in [0.4, 0.5) is 10.7 Å². The Morgan fingerprint density at radius 3 is 2.40 bits per heavy atom. The second-order valence-electron chi connectivity index (χ2n) is 11.9. The van der Waals surface area contributed by atoms with Crippen LogP contribution >= 0.6 is 34.7 Å². The van der Waals surface area contributed by atoms with Gasteiger partial charge in [0, 0.05) is 26.0 Å². The maximum absolute atomic E-state index is 14.0. The Balaban J connectivity index is 1.24. The summed E-state index contributed by atoms with van der Waals surface area (Å²) in [4.78, 5) is 42.7. The molecule has 2 atom stereocenters. The zero-order valence-corrected chi connectivity index (χ0v) is 29.5. The Morgan fingerprint density at radius 1 is 0.940 bits per heavy atom. The van der Waals surface area contributed by atoms with E-state index in [9.17, 15) is 19.6 Å². The van der Waals surface area contributed by atoms with E-state index in [0.29, 0.717) is 38.3 Å². The highest BCUT2D eigenvalue weighted by molar-refractivity contribution is 8.00. The number of thioether (sulfide) groups is 1. The molecule has 0 aliphatic heterocycles. The summed E-state index contributed by atoms with van der Waals surface area (Å²) < 4.78 is 0. The van der Waals surface area contributed by atoms with E-state index in [1.165, 1.54) is 34.1 Å². The molecular formula is C40H33ClN4O3S2. The molecule has 2 unspecified atom stereocenters. The van der Waals surface area contributed by atoms with Crippen molar-refractivity contribution in [1.29, 1.82) is 5.26 Å². The Hall–Kier alpha value is -5.14. The lowest BCUT2D eigenvalue weighted by Gasteiger charge is -2.18. The minimum atomic E-state index is -0.646. The molecule has 1 aliphatic carbocycles. The number of nitriles is 1. The standard InChI is InChI=1S/C40H33ClN4O3S2/c1-25-19-20-31-32(24-42)40(50-35(31)21-25)45-39(48)36(26-11-4-2-5-12-26)49-30-17-10-16-29(23-30)43-38(47)34(22-28-15-8-9-18-33(28)41)44-37(46)27-13-6-3-7-14-27/h2-18,22-23,25,36H,19-21H2,1H3,(H,43,47)(H,44,46)(H,45,48)/b34-22+. The Morgan fingerprint density at radius 2 is 1.66 bits per heavy atom. The van der Waals surface area contributed by atoms with Gasteiger partial charge in [0.05, 0.1) is 5.56 Å². The van der Waals surface area contributed by atoms with E-state index >= 15 is 0 Å². The molecular weight excluding hydrogens is 684 g/mol. The third-order valence-corrected chi connectivity index (χ3v) is 11.0. The van der Waals surface area contributed by atoms with Crippen molar-refractivity contribution in [1.82, 2.24) is 5.32 Å². The molecule has 4 aromatic carbocycles. The van der Waals surface area contributed by atoms with Gasteiger partial charge in [-0.15, -0.1) is 23.1 Å². The van der Waals surface area contributed by atoms with Gasteiger partial charge < -0.3 is 16.0 Å². The highest BCUT2D eigenvalue weighted by atomic mass is 35.5. The summed E-state index contributed by atoms with van der Waals surface area (Å²) in [5, 5.41) is 19.1. The maximum Gasteiger partial charge on any atom is 0.272 e. The van der Waals surface area contributed by atoms with Crippen molar-refractivity contribution in [3.05, 3.63) is 153 Å². The molecule has 50 heavy (non-hydrogen) atoms. The van der Waals surface area contributed by atoms with Gasteiger partial charge in [0.15, 0.2) is 0 Å². The number of halogens is 1. The normalized spacial score (nSPS) is 14.5. The second kappa shape index (κ2) is 16.0. The summed E-state index contributed by atoms with van der Waals surface area (Å²) in [6.45, 7) is 2.21. The van der Waals surface area contributed by atoms with Crippen molar-refractivity contribution in [2.75, 3.05) is 10.6 Å². The molecule has 0 spiro atoms. The van der Waals surface area contributed by atoms with Crippen LogP contribution in [0.25, 0.3) is 6.08 Å². The molecule has 250 valence electrons. The Labute approximate surface area is 304 Å². The quantitative estimate of drug-likeness (QED) is 0.0986. The topological polar surface area (TPSA) is 111 Å². The van der Waals surface area contributed by atoms with Gasteiger partial charge >= 0.3 is 0 Å². The first-order valence-corrected chi connectivity index (χ1v) is 18.2. The monoisotopic (exact) mass is 716 g/mol. The number of hydrogen-bond acceptors (Lipinski definition) is 6. The van der Waals surface area contributed by atoms with Gasteiger partial charge in [-0.25, -0.2) is 0 Å². The van der Waals surface area contributed by atoms with Gasteiger partial charge in [0.2, 0.25) is 5.91 Å². The zero-order chi connectivity index (χ0) is 35.0. The van der Waals surface area contributed by atoms with Gasteiger partial charge in [-0.3, -0.25) is 14.4 Å². The van der Waals surface area contributed by atoms with Gasteiger partial charge in [0.1, 0.15) is 22.0 Å². The number of amides is 3. The van der Waals surface area contributed by atoms with Crippen molar-refractivity contribution >= 4 is 69.2 Å². The number of fused-ring (bicyclic) bond motifs is 1. The smallest absolute Gasteiger partial charge is 0.272 e. The summed E-state index contributed by atoms with van der Waals surface area (Å²) >= 11 is 9.23. The fraction of sp³-hybridized carbons (Fsp3) is 0.150. The van der Waals surface area contributed by atoms with Crippen molar-refractivity contribution in [3.63, 3.8) is 0 Å².